The number of nitrogens with one attached hydrogen (secondary N) is 1. The highest BCUT2D eigenvalue weighted by Gasteiger charge is 2.60. The largest absolute Gasteiger partial charge is 0.392 e. The summed E-state index contributed by atoms with van der Waals surface area (Å²) in [7, 11) is 0. The van der Waals surface area contributed by atoms with Crippen LogP contribution in [0.2, 0.25) is 0 Å². The number of aliphatic hydroxyl groups excluding tert-OH is 1. The Hall–Kier alpha value is -0.570. The van der Waals surface area contributed by atoms with Gasteiger partial charge in [-0.1, -0.05) is 13.8 Å². The Balaban J connectivity index is 1.71. The van der Waals surface area contributed by atoms with E-state index in [1.807, 2.05) is 0 Å². The third-order valence-corrected chi connectivity index (χ3v) is 5.87. The van der Waals surface area contributed by atoms with Crippen molar-refractivity contribution >= 4 is 5.91 Å². The van der Waals surface area contributed by atoms with Crippen LogP contribution in [-0.4, -0.2) is 23.7 Å². The first kappa shape index (κ1) is 14.4. The highest BCUT2D eigenvalue weighted by molar-refractivity contribution is 5.76. The van der Waals surface area contributed by atoms with Crippen LogP contribution in [0.15, 0.2) is 0 Å². The van der Waals surface area contributed by atoms with Crippen LogP contribution in [0, 0.1) is 22.2 Å². The number of rotatable bonds is 4. The zero-order valence-corrected chi connectivity index (χ0v) is 13.2. The first-order valence-electron chi connectivity index (χ1n) is 8.17. The molecular formula is C17H29NO2. The third kappa shape index (κ3) is 2.61. The number of carbonyl (C=O) groups is 1. The molecule has 0 aliphatic heterocycles. The van der Waals surface area contributed by atoms with Gasteiger partial charge in [0.15, 0.2) is 0 Å². The van der Waals surface area contributed by atoms with Crippen molar-refractivity contribution in [1.29, 1.82) is 0 Å². The maximum atomic E-state index is 12.2. The second-order valence-electron chi connectivity index (χ2n) is 8.96. The lowest BCUT2D eigenvalue weighted by molar-refractivity contribution is -0.156. The molecular weight excluding hydrogens is 250 g/mol. The van der Waals surface area contributed by atoms with Crippen molar-refractivity contribution in [2.24, 2.45) is 22.2 Å². The molecule has 2 N–H and O–H groups in total. The maximum absolute atomic E-state index is 12.2. The van der Waals surface area contributed by atoms with Gasteiger partial charge in [-0.3, -0.25) is 4.79 Å². The van der Waals surface area contributed by atoms with Gasteiger partial charge in [-0.15, -0.1) is 0 Å². The average Bonchev–Trinajstić information content (AvgIpc) is 2.20. The Bertz CT molecular complexity index is 399. The molecule has 4 aliphatic carbocycles. The summed E-state index contributed by atoms with van der Waals surface area (Å²) in [5.41, 5.74) is 1.18. The van der Waals surface area contributed by atoms with Crippen molar-refractivity contribution in [3.63, 3.8) is 0 Å². The second-order valence-corrected chi connectivity index (χ2v) is 8.96. The molecule has 4 aliphatic rings. The fourth-order valence-corrected chi connectivity index (χ4v) is 6.55. The standard InChI is InChI=1S/C17H29NO2/c1-12(19)8-18-14(20)7-17-6-13-4-15(2,10-17)9-16(3,5-13)11-17/h12-13,19H,4-11H2,1-3H3,(H,18,20)/t12-,13?,15?,16?,17?/m1/s1. The van der Waals surface area contributed by atoms with E-state index >= 15 is 0 Å². The van der Waals surface area contributed by atoms with Crippen LogP contribution in [-0.2, 0) is 4.79 Å². The van der Waals surface area contributed by atoms with Gasteiger partial charge in [-0.2, -0.15) is 0 Å². The van der Waals surface area contributed by atoms with E-state index in [1.165, 1.54) is 38.5 Å². The molecule has 0 heterocycles. The summed E-state index contributed by atoms with van der Waals surface area (Å²) in [6.07, 6.45) is 8.03. The van der Waals surface area contributed by atoms with E-state index in [1.54, 1.807) is 6.92 Å². The van der Waals surface area contributed by atoms with Gasteiger partial charge in [0.05, 0.1) is 6.10 Å². The van der Waals surface area contributed by atoms with Gasteiger partial charge in [0, 0.05) is 13.0 Å². The van der Waals surface area contributed by atoms with Gasteiger partial charge >= 0.3 is 0 Å². The summed E-state index contributed by atoms with van der Waals surface area (Å²) in [4.78, 5) is 12.2. The minimum Gasteiger partial charge on any atom is -0.392 e. The van der Waals surface area contributed by atoms with Crippen LogP contribution >= 0.6 is 0 Å². The molecule has 0 aromatic rings. The van der Waals surface area contributed by atoms with E-state index in [9.17, 15) is 9.90 Å². The first-order valence-corrected chi connectivity index (χ1v) is 8.17. The van der Waals surface area contributed by atoms with Crippen LogP contribution in [0.3, 0.4) is 0 Å². The fraction of sp³-hybridized carbons (Fsp3) is 0.941. The third-order valence-electron chi connectivity index (χ3n) is 5.87. The van der Waals surface area contributed by atoms with Gasteiger partial charge in [-0.25, -0.2) is 0 Å². The molecule has 3 heteroatoms. The number of hydrogen-bond donors (Lipinski definition) is 2. The van der Waals surface area contributed by atoms with Gasteiger partial charge in [0.1, 0.15) is 0 Å². The molecule has 0 spiro atoms. The Labute approximate surface area is 122 Å². The topological polar surface area (TPSA) is 49.3 Å². The molecule has 0 saturated heterocycles. The summed E-state index contributed by atoms with van der Waals surface area (Å²) < 4.78 is 0. The molecule has 20 heavy (non-hydrogen) atoms. The van der Waals surface area contributed by atoms with Crippen LogP contribution < -0.4 is 5.32 Å². The van der Waals surface area contributed by atoms with E-state index in [-0.39, 0.29) is 11.3 Å². The molecule has 2 unspecified atom stereocenters. The van der Waals surface area contributed by atoms with Crippen LogP contribution in [0.25, 0.3) is 0 Å². The minimum atomic E-state index is -0.453. The van der Waals surface area contributed by atoms with E-state index in [4.69, 9.17) is 0 Å². The molecule has 4 rings (SSSR count). The zero-order chi connectivity index (χ0) is 14.6. The Morgan fingerprint density at radius 3 is 2.30 bits per heavy atom. The Morgan fingerprint density at radius 2 is 1.80 bits per heavy atom. The smallest absolute Gasteiger partial charge is 0.220 e. The lowest BCUT2D eigenvalue weighted by Gasteiger charge is -2.65. The van der Waals surface area contributed by atoms with Crippen molar-refractivity contribution in [2.75, 3.05) is 6.54 Å². The Kier molecular flexibility index (Phi) is 3.20. The predicted octanol–water partition coefficient (Wildman–Crippen LogP) is 2.87. The van der Waals surface area contributed by atoms with Crippen molar-refractivity contribution in [1.82, 2.24) is 5.32 Å². The summed E-state index contributed by atoms with van der Waals surface area (Å²) >= 11 is 0. The lowest BCUT2D eigenvalue weighted by Crippen LogP contribution is -2.56. The number of amides is 1. The van der Waals surface area contributed by atoms with Crippen LogP contribution in [0.4, 0.5) is 0 Å². The molecule has 3 nitrogen and oxygen atoms in total. The molecule has 0 aromatic heterocycles. The number of hydrogen-bond acceptors (Lipinski definition) is 2. The molecule has 114 valence electrons. The SMILES string of the molecule is C[C@@H](O)CNC(=O)CC12CC3CC(C)(CC(C)(C3)C1)C2. The molecule has 4 fully saturated rings. The summed E-state index contributed by atoms with van der Waals surface area (Å²) in [5.74, 6) is 0.978. The monoisotopic (exact) mass is 279 g/mol. The van der Waals surface area contributed by atoms with Crippen molar-refractivity contribution < 1.29 is 9.90 Å². The molecule has 0 radical (unpaired) electrons. The van der Waals surface area contributed by atoms with Crippen molar-refractivity contribution in [3.8, 4) is 0 Å². The minimum absolute atomic E-state index is 0.139. The summed E-state index contributed by atoms with van der Waals surface area (Å²) in [6, 6.07) is 0. The van der Waals surface area contributed by atoms with Crippen LogP contribution in [0.5, 0.6) is 0 Å². The summed E-state index contributed by atoms with van der Waals surface area (Å²) in [6.45, 7) is 6.98. The summed E-state index contributed by atoms with van der Waals surface area (Å²) in [5, 5.41) is 12.2. The lowest BCUT2D eigenvalue weighted by atomic mass is 9.40. The molecule has 1 amide bonds. The fourth-order valence-electron chi connectivity index (χ4n) is 6.55. The van der Waals surface area contributed by atoms with E-state index < -0.39 is 6.10 Å². The van der Waals surface area contributed by atoms with Gasteiger partial charge in [-0.05, 0) is 67.6 Å². The highest BCUT2D eigenvalue weighted by atomic mass is 16.3. The van der Waals surface area contributed by atoms with Crippen molar-refractivity contribution in [3.05, 3.63) is 0 Å². The van der Waals surface area contributed by atoms with Crippen molar-refractivity contribution in [2.45, 2.75) is 71.8 Å². The first-order chi connectivity index (χ1) is 9.22. The van der Waals surface area contributed by atoms with Gasteiger partial charge in [0.25, 0.3) is 0 Å². The van der Waals surface area contributed by atoms with Gasteiger partial charge in [0.2, 0.25) is 5.91 Å². The van der Waals surface area contributed by atoms with E-state index in [0.717, 1.165) is 5.92 Å². The predicted molar refractivity (Wildman–Crippen MR) is 79.1 cm³/mol. The number of aliphatic hydroxyl groups is 1. The highest BCUT2D eigenvalue weighted by Crippen LogP contribution is 2.70. The molecule has 3 atom stereocenters. The molecule has 4 saturated carbocycles. The number of carbonyl (C=O) groups excluding carboxylic acids is 1. The van der Waals surface area contributed by atoms with Crippen LogP contribution in [0.1, 0.15) is 65.7 Å². The quantitative estimate of drug-likeness (QED) is 0.831. The second kappa shape index (κ2) is 4.46. The molecule has 4 bridgehead atoms. The van der Waals surface area contributed by atoms with E-state index in [2.05, 4.69) is 19.2 Å². The maximum Gasteiger partial charge on any atom is 0.220 e. The van der Waals surface area contributed by atoms with Gasteiger partial charge < -0.3 is 10.4 Å². The average molecular weight is 279 g/mol. The molecule has 0 aromatic carbocycles. The normalized spacial score (nSPS) is 47.3. The Morgan fingerprint density at radius 1 is 1.20 bits per heavy atom. The zero-order valence-electron chi connectivity index (χ0n) is 13.2. The van der Waals surface area contributed by atoms with E-state index in [0.29, 0.717) is 23.8 Å².